The zero-order chi connectivity index (χ0) is 22.0. The van der Waals surface area contributed by atoms with Crippen LogP contribution in [0.1, 0.15) is 37.6 Å². The number of carbonyl (C=O) groups is 1. The Morgan fingerprint density at radius 1 is 1.19 bits per heavy atom. The zero-order valence-electron chi connectivity index (χ0n) is 18.0. The van der Waals surface area contributed by atoms with E-state index in [2.05, 4.69) is 39.2 Å². The van der Waals surface area contributed by atoms with Crippen LogP contribution in [0.5, 0.6) is 0 Å². The highest BCUT2D eigenvalue weighted by atomic mass is 32.1. The molecule has 0 spiro atoms. The lowest BCUT2D eigenvalue weighted by atomic mass is 9.97. The molecule has 158 valence electrons. The molecular formula is C24H25N5OS. The molecule has 1 amide bonds. The van der Waals surface area contributed by atoms with Gasteiger partial charge in [-0.25, -0.2) is 4.99 Å². The number of aliphatic imine (C=N–C) groups is 1. The molecule has 7 heteroatoms. The van der Waals surface area contributed by atoms with Crippen LogP contribution < -0.4 is 5.32 Å². The minimum atomic E-state index is -0.186. The van der Waals surface area contributed by atoms with Crippen molar-refractivity contribution >= 4 is 30.0 Å². The molecule has 1 aliphatic heterocycles. The van der Waals surface area contributed by atoms with Gasteiger partial charge in [0.1, 0.15) is 15.8 Å². The molecule has 0 fully saturated rings. The first kappa shape index (κ1) is 21.1. The van der Waals surface area contributed by atoms with Crippen LogP contribution >= 0.6 is 11.3 Å². The molecule has 1 aliphatic rings. The number of nitrogens with zero attached hydrogens (tertiary/aromatic N) is 4. The number of hydrogen-bond donors (Lipinski definition) is 1. The third kappa shape index (κ3) is 4.78. The van der Waals surface area contributed by atoms with E-state index in [0.717, 1.165) is 46.2 Å². The maximum atomic E-state index is 12.9. The molecule has 0 bridgehead atoms. The van der Waals surface area contributed by atoms with E-state index in [-0.39, 0.29) is 5.91 Å². The largest absolute Gasteiger partial charge is 0.307 e. The first-order valence-corrected chi connectivity index (χ1v) is 11.0. The van der Waals surface area contributed by atoms with Crippen molar-refractivity contribution in [3.05, 3.63) is 75.0 Å². The smallest absolute Gasteiger partial charge is 0.256 e. The molecule has 0 saturated heterocycles. The molecule has 3 aromatic rings. The molecule has 1 N–H and O–H groups in total. The Labute approximate surface area is 186 Å². The number of fused-ring (bicyclic) bond motifs is 1. The SMILES string of the molecule is C=N/C(=C\c1cc(-c2nnc(C)s2)ccc1C)NC(=O)c1ccc2c(c1)CCN(C)C2. The van der Waals surface area contributed by atoms with Crippen LogP contribution in [0.15, 0.2) is 47.2 Å². The molecular weight excluding hydrogens is 406 g/mol. The van der Waals surface area contributed by atoms with Crippen molar-refractivity contribution in [1.29, 1.82) is 0 Å². The van der Waals surface area contributed by atoms with Crippen molar-refractivity contribution in [3.63, 3.8) is 0 Å². The zero-order valence-corrected chi connectivity index (χ0v) is 18.8. The van der Waals surface area contributed by atoms with Gasteiger partial charge in [0.25, 0.3) is 5.91 Å². The summed E-state index contributed by atoms with van der Waals surface area (Å²) >= 11 is 1.55. The number of aromatic nitrogens is 2. The van der Waals surface area contributed by atoms with Gasteiger partial charge < -0.3 is 10.2 Å². The molecule has 31 heavy (non-hydrogen) atoms. The van der Waals surface area contributed by atoms with E-state index in [4.69, 9.17) is 0 Å². The summed E-state index contributed by atoms with van der Waals surface area (Å²) in [5.41, 5.74) is 6.14. The van der Waals surface area contributed by atoms with E-state index >= 15 is 0 Å². The highest BCUT2D eigenvalue weighted by Crippen LogP contribution is 2.26. The number of hydrogen-bond acceptors (Lipinski definition) is 6. The van der Waals surface area contributed by atoms with Gasteiger partial charge in [0, 0.05) is 24.2 Å². The van der Waals surface area contributed by atoms with Crippen LogP contribution in [0, 0.1) is 13.8 Å². The number of rotatable bonds is 5. The van der Waals surface area contributed by atoms with E-state index in [9.17, 15) is 4.79 Å². The fourth-order valence-electron chi connectivity index (χ4n) is 3.63. The molecule has 0 unspecified atom stereocenters. The van der Waals surface area contributed by atoms with E-state index in [0.29, 0.717) is 11.4 Å². The van der Waals surface area contributed by atoms with Crippen molar-refractivity contribution < 1.29 is 4.79 Å². The minimum Gasteiger partial charge on any atom is -0.307 e. The van der Waals surface area contributed by atoms with Gasteiger partial charge in [-0.1, -0.05) is 29.5 Å². The first-order valence-electron chi connectivity index (χ1n) is 10.1. The van der Waals surface area contributed by atoms with Gasteiger partial charge in [0.2, 0.25) is 0 Å². The molecule has 6 nitrogen and oxygen atoms in total. The Hall–Kier alpha value is -3.16. The number of amides is 1. The van der Waals surface area contributed by atoms with Crippen molar-refractivity contribution in [3.8, 4) is 10.6 Å². The summed E-state index contributed by atoms with van der Waals surface area (Å²) in [6.45, 7) is 9.51. The fraction of sp³-hybridized carbons (Fsp3) is 0.250. The van der Waals surface area contributed by atoms with Crippen molar-refractivity contribution in [1.82, 2.24) is 20.4 Å². The van der Waals surface area contributed by atoms with Gasteiger partial charge in [-0.3, -0.25) is 4.79 Å². The number of nitrogens with one attached hydrogen (secondary N) is 1. The third-order valence-electron chi connectivity index (χ3n) is 5.43. The molecule has 2 heterocycles. The van der Waals surface area contributed by atoms with E-state index in [1.54, 1.807) is 11.3 Å². The second-order valence-electron chi connectivity index (χ2n) is 7.81. The summed E-state index contributed by atoms with van der Waals surface area (Å²) in [5, 5.41) is 13.0. The Morgan fingerprint density at radius 3 is 2.77 bits per heavy atom. The number of aryl methyl sites for hydroxylation is 2. The lowest BCUT2D eigenvalue weighted by Gasteiger charge is -2.25. The minimum absolute atomic E-state index is 0.186. The van der Waals surface area contributed by atoms with E-state index < -0.39 is 0 Å². The predicted octanol–water partition coefficient (Wildman–Crippen LogP) is 4.24. The van der Waals surface area contributed by atoms with Gasteiger partial charge in [-0.15, -0.1) is 10.2 Å². The van der Waals surface area contributed by atoms with Crippen LogP contribution in [0.4, 0.5) is 0 Å². The number of benzene rings is 2. The summed E-state index contributed by atoms with van der Waals surface area (Å²) in [4.78, 5) is 19.2. The van der Waals surface area contributed by atoms with Gasteiger partial charge in [0.05, 0.1) is 0 Å². The summed E-state index contributed by atoms with van der Waals surface area (Å²) in [5.74, 6) is 0.227. The summed E-state index contributed by atoms with van der Waals surface area (Å²) < 4.78 is 0. The Kier molecular flexibility index (Phi) is 6.06. The Balaban J connectivity index is 1.56. The molecule has 1 aromatic heterocycles. The molecule has 2 aromatic carbocycles. The second kappa shape index (κ2) is 8.91. The highest BCUT2D eigenvalue weighted by molar-refractivity contribution is 7.14. The molecule has 0 aliphatic carbocycles. The maximum absolute atomic E-state index is 12.9. The normalized spacial score (nSPS) is 14.2. The second-order valence-corrected chi connectivity index (χ2v) is 8.99. The molecule has 0 atom stereocenters. The number of carbonyl (C=O) groups excluding carboxylic acids is 1. The molecule has 4 rings (SSSR count). The third-order valence-corrected chi connectivity index (χ3v) is 6.32. The quantitative estimate of drug-likeness (QED) is 0.614. The summed E-state index contributed by atoms with van der Waals surface area (Å²) in [6.07, 6.45) is 2.79. The van der Waals surface area contributed by atoms with Crippen LogP contribution in [-0.2, 0) is 13.0 Å². The van der Waals surface area contributed by atoms with E-state index in [1.807, 2.05) is 56.3 Å². The predicted molar refractivity (Wildman–Crippen MR) is 126 cm³/mol. The fourth-order valence-corrected chi connectivity index (χ4v) is 4.32. The van der Waals surface area contributed by atoms with Crippen molar-refractivity contribution in [2.24, 2.45) is 4.99 Å². The van der Waals surface area contributed by atoms with Crippen LogP contribution in [0.3, 0.4) is 0 Å². The maximum Gasteiger partial charge on any atom is 0.256 e. The van der Waals surface area contributed by atoms with Crippen LogP contribution in [0.2, 0.25) is 0 Å². The van der Waals surface area contributed by atoms with Crippen molar-refractivity contribution in [2.75, 3.05) is 13.6 Å². The topological polar surface area (TPSA) is 70.5 Å². The van der Waals surface area contributed by atoms with Gasteiger partial charge in [-0.2, -0.15) is 0 Å². The Bertz CT molecular complexity index is 1180. The Morgan fingerprint density at radius 2 is 2.03 bits per heavy atom. The van der Waals surface area contributed by atoms with E-state index in [1.165, 1.54) is 11.1 Å². The highest BCUT2D eigenvalue weighted by Gasteiger charge is 2.16. The van der Waals surface area contributed by atoms with Gasteiger partial charge in [0.15, 0.2) is 0 Å². The van der Waals surface area contributed by atoms with Crippen LogP contribution in [-0.4, -0.2) is 41.3 Å². The van der Waals surface area contributed by atoms with Crippen molar-refractivity contribution in [2.45, 2.75) is 26.8 Å². The first-order chi connectivity index (χ1) is 14.9. The molecule has 0 saturated carbocycles. The van der Waals surface area contributed by atoms with Gasteiger partial charge in [-0.05, 0) is 80.6 Å². The standard InChI is InChI=1S/C24H25N5OS/c1-15-5-6-19(24-28-27-16(2)31-24)12-21(15)13-22(25-3)26-23(30)18-7-8-20-14-29(4)10-9-17(20)11-18/h5-8,11-13H,3,9-10,14H2,1-2,4H3,(H,26,30)/b22-13+. The summed E-state index contributed by atoms with van der Waals surface area (Å²) in [7, 11) is 2.11. The summed E-state index contributed by atoms with van der Waals surface area (Å²) in [6, 6.07) is 12.0. The lowest BCUT2D eigenvalue weighted by Crippen LogP contribution is -2.27. The molecule has 0 radical (unpaired) electrons. The van der Waals surface area contributed by atoms with Crippen LogP contribution in [0.25, 0.3) is 16.6 Å². The number of likely N-dealkylation sites (N-methyl/N-ethyl adjacent to an activating group) is 1. The lowest BCUT2D eigenvalue weighted by molar-refractivity contribution is 0.0965. The average molecular weight is 432 g/mol. The monoisotopic (exact) mass is 431 g/mol. The average Bonchev–Trinajstić information content (AvgIpc) is 3.20. The van der Waals surface area contributed by atoms with Gasteiger partial charge >= 0.3 is 0 Å².